The normalized spacial score (nSPS) is 17.8. The van der Waals surface area contributed by atoms with Crippen LogP contribution in [-0.2, 0) is 4.79 Å². The molecule has 3 N–H and O–H groups in total. The lowest BCUT2D eigenvalue weighted by Crippen LogP contribution is -2.50. The van der Waals surface area contributed by atoms with E-state index in [0.717, 1.165) is 31.2 Å². The van der Waals surface area contributed by atoms with E-state index >= 15 is 0 Å². The zero-order chi connectivity index (χ0) is 17.5. The molecule has 0 radical (unpaired) electrons. The zero-order valence-electron chi connectivity index (χ0n) is 14.3. The topological polar surface area (TPSA) is 70.2 Å². The molecule has 0 spiro atoms. The first-order chi connectivity index (χ1) is 11.5. The van der Waals surface area contributed by atoms with E-state index in [9.17, 15) is 9.59 Å². The molecule has 0 unspecified atom stereocenters. The number of carbonyl (C=O) groups is 2. The standard InChI is InChI=1S/C18H26ClN3O2/c1-12(15-10-6-7-11-16(15)19)20-13(2)17(23)22-18(24)21-14-8-4-3-5-9-14/h6-7,10-14,20H,3-5,8-9H2,1-2H3,(H2,21,22,23,24)/t12-,13+/m0/s1. The number of amides is 3. The van der Waals surface area contributed by atoms with Crippen molar-refractivity contribution in [2.75, 3.05) is 0 Å². The highest BCUT2D eigenvalue weighted by molar-refractivity contribution is 6.31. The molecule has 1 aliphatic carbocycles. The third-order valence-corrected chi connectivity index (χ3v) is 4.79. The monoisotopic (exact) mass is 351 g/mol. The van der Waals surface area contributed by atoms with Gasteiger partial charge in [-0.25, -0.2) is 4.79 Å². The smallest absolute Gasteiger partial charge is 0.321 e. The van der Waals surface area contributed by atoms with Crippen LogP contribution >= 0.6 is 11.6 Å². The van der Waals surface area contributed by atoms with Crippen LogP contribution in [-0.4, -0.2) is 24.0 Å². The number of urea groups is 1. The first-order valence-corrected chi connectivity index (χ1v) is 8.97. The second kappa shape index (κ2) is 9.04. The van der Waals surface area contributed by atoms with Gasteiger partial charge in [0.2, 0.25) is 5.91 Å². The highest BCUT2D eigenvalue weighted by Gasteiger charge is 2.21. The van der Waals surface area contributed by atoms with Gasteiger partial charge in [-0.3, -0.25) is 15.4 Å². The van der Waals surface area contributed by atoms with Gasteiger partial charge in [0.1, 0.15) is 0 Å². The van der Waals surface area contributed by atoms with Crippen molar-refractivity contribution in [2.45, 2.75) is 64.1 Å². The highest BCUT2D eigenvalue weighted by atomic mass is 35.5. The second-order valence-electron chi connectivity index (χ2n) is 6.43. The van der Waals surface area contributed by atoms with E-state index in [1.54, 1.807) is 6.92 Å². The Bertz CT molecular complexity index is 573. The summed E-state index contributed by atoms with van der Waals surface area (Å²) in [6, 6.07) is 6.67. The van der Waals surface area contributed by atoms with E-state index < -0.39 is 12.1 Å². The molecular formula is C18H26ClN3O2. The summed E-state index contributed by atoms with van der Waals surface area (Å²) in [7, 11) is 0. The Balaban J connectivity index is 1.81. The van der Waals surface area contributed by atoms with E-state index in [1.807, 2.05) is 31.2 Å². The first kappa shape index (κ1) is 18.7. The summed E-state index contributed by atoms with van der Waals surface area (Å²) in [6.07, 6.45) is 5.45. The minimum atomic E-state index is -0.506. The minimum Gasteiger partial charge on any atom is -0.335 e. The molecule has 1 aromatic rings. The van der Waals surface area contributed by atoms with Crippen LogP contribution in [0.15, 0.2) is 24.3 Å². The second-order valence-corrected chi connectivity index (χ2v) is 6.84. The van der Waals surface area contributed by atoms with Crippen LogP contribution in [0.25, 0.3) is 0 Å². The number of halogens is 1. The van der Waals surface area contributed by atoms with Crippen molar-refractivity contribution in [3.63, 3.8) is 0 Å². The van der Waals surface area contributed by atoms with Gasteiger partial charge in [-0.05, 0) is 38.3 Å². The summed E-state index contributed by atoms with van der Waals surface area (Å²) >= 11 is 6.17. The Morgan fingerprint density at radius 1 is 1.12 bits per heavy atom. The van der Waals surface area contributed by atoms with Crippen molar-refractivity contribution in [2.24, 2.45) is 0 Å². The third-order valence-electron chi connectivity index (χ3n) is 4.44. The van der Waals surface area contributed by atoms with Gasteiger partial charge in [0.15, 0.2) is 0 Å². The van der Waals surface area contributed by atoms with Gasteiger partial charge >= 0.3 is 6.03 Å². The van der Waals surface area contributed by atoms with Crippen LogP contribution in [0.2, 0.25) is 5.02 Å². The summed E-state index contributed by atoms with van der Waals surface area (Å²) in [5.41, 5.74) is 0.922. The summed E-state index contributed by atoms with van der Waals surface area (Å²) in [4.78, 5) is 24.1. The molecule has 0 saturated heterocycles. The van der Waals surface area contributed by atoms with Crippen LogP contribution in [0, 0.1) is 0 Å². The van der Waals surface area contributed by atoms with E-state index in [2.05, 4.69) is 16.0 Å². The SMILES string of the molecule is C[C@H](N[C@H](C)C(=O)NC(=O)NC1CCCCC1)c1ccccc1Cl. The van der Waals surface area contributed by atoms with Gasteiger partial charge in [-0.1, -0.05) is 49.1 Å². The average molecular weight is 352 g/mol. The van der Waals surface area contributed by atoms with Gasteiger partial charge in [0.05, 0.1) is 6.04 Å². The van der Waals surface area contributed by atoms with Gasteiger partial charge in [0.25, 0.3) is 0 Å². The Labute approximate surface area is 148 Å². The lowest BCUT2D eigenvalue weighted by molar-refractivity contribution is -0.121. The van der Waals surface area contributed by atoms with Crippen molar-refractivity contribution >= 4 is 23.5 Å². The van der Waals surface area contributed by atoms with Crippen molar-refractivity contribution in [3.8, 4) is 0 Å². The summed E-state index contributed by atoms with van der Waals surface area (Å²) in [5.74, 6) is -0.345. The van der Waals surface area contributed by atoms with E-state index in [4.69, 9.17) is 11.6 Å². The first-order valence-electron chi connectivity index (χ1n) is 8.59. The van der Waals surface area contributed by atoms with Crippen LogP contribution in [0.4, 0.5) is 4.79 Å². The predicted octanol–water partition coefficient (Wildman–Crippen LogP) is 3.54. The Kier molecular flexibility index (Phi) is 7.06. The maximum atomic E-state index is 12.2. The molecule has 0 aliphatic heterocycles. The predicted molar refractivity (Wildman–Crippen MR) is 96.0 cm³/mol. The molecule has 6 heteroatoms. The van der Waals surface area contributed by atoms with E-state index in [1.165, 1.54) is 6.42 Å². The molecule has 1 aliphatic rings. The largest absolute Gasteiger partial charge is 0.335 e. The molecule has 0 aromatic heterocycles. The minimum absolute atomic E-state index is 0.0964. The van der Waals surface area contributed by atoms with Crippen LogP contribution in [0.1, 0.15) is 57.6 Å². The quantitative estimate of drug-likeness (QED) is 0.760. The number of nitrogens with one attached hydrogen (secondary N) is 3. The number of hydrogen-bond acceptors (Lipinski definition) is 3. The number of benzene rings is 1. The molecule has 5 nitrogen and oxygen atoms in total. The summed E-state index contributed by atoms with van der Waals surface area (Å²) in [5, 5.41) is 9.12. The lowest BCUT2D eigenvalue weighted by Gasteiger charge is -2.24. The number of rotatable bonds is 5. The lowest BCUT2D eigenvalue weighted by atomic mass is 9.96. The van der Waals surface area contributed by atoms with Crippen LogP contribution in [0.3, 0.4) is 0 Å². The van der Waals surface area contributed by atoms with Crippen molar-refractivity contribution in [1.29, 1.82) is 0 Å². The Morgan fingerprint density at radius 3 is 2.46 bits per heavy atom. The Morgan fingerprint density at radius 2 is 1.79 bits per heavy atom. The van der Waals surface area contributed by atoms with E-state index in [-0.39, 0.29) is 18.0 Å². The fourth-order valence-corrected chi connectivity index (χ4v) is 3.35. The maximum absolute atomic E-state index is 12.2. The van der Waals surface area contributed by atoms with Gasteiger partial charge in [-0.15, -0.1) is 0 Å². The fourth-order valence-electron chi connectivity index (χ4n) is 3.06. The average Bonchev–Trinajstić information content (AvgIpc) is 2.55. The highest BCUT2D eigenvalue weighted by Crippen LogP contribution is 2.22. The van der Waals surface area contributed by atoms with Crippen LogP contribution in [0.5, 0.6) is 0 Å². The molecule has 2 atom stereocenters. The molecule has 1 aromatic carbocycles. The molecular weight excluding hydrogens is 326 g/mol. The summed E-state index contributed by atoms with van der Waals surface area (Å²) in [6.45, 7) is 3.67. The molecule has 1 fully saturated rings. The van der Waals surface area contributed by atoms with Gasteiger partial charge < -0.3 is 5.32 Å². The van der Waals surface area contributed by atoms with Crippen molar-refractivity contribution < 1.29 is 9.59 Å². The van der Waals surface area contributed by atoms with E-state index in [0.29, 0.717) is 5.02 Å². The number of carbonyl (C=O) groups excluding carboxylic acids is 2. The summed E-state index contributed by atoms with van der Waals surface area (Å²) < 4.78 is 0. The molecule has 132 valence electrons. The number of imide groups is 1. The molecule has 1 saturated carbocycles. The van der Waals surface area contributed by atoms with Gasteiger partial charge in [0, 0.05) is 17.1 Å². The molecule has 2 rings (SSSR count). The molecule has 0 heterocycles. The molecule has 3 amide bonds. The fraction of sp³-hybridized carbons (Fsp3) is 0.556. The van der Waals surface area contributed by atoms with Crippen molar-refractivity contribution in [1.82, 2.24) is 16.0 Å². The van der Waals surface area contributed by atoms with Crippen LogP contribution < -0.4 is 16.0 Å². The number of hydrogen-bond donors (Lipinski definition) is 3. The third kappa shape index (κ3) is 5.49. The zero-order valence-corrected chi connectivity index (χ0v) is 15.0. The van der Waals surface area contributed by atoms with Crippen molar-refractivity contribution in [3.05, 3.63) is 34.9 Å². The Hall–Kier alpha value is -1.59. The molecule has 24 heavy (non-hydrogen) atoms. The molecule has 0 bridgehead atoms. The maximum Gasteiger partial charge on any atom is 0.321 e. The van der Waals surface area contributed by atoms with Gasteiger partial charge in [-0.2, -0.15) is 0 Å².